The van der Waals surface area contributed by atoms with Gasteiger partial charge in [-0.05, 0) is 42.3 Å². The van der Waals surface area contributed by atoms with Gasteiger partial charge >= 0.3 is 0 Å². The monoisotopic (exact) mass is 420 g/mol. The van der Waals surface area contributed by atoms with Crippen molar-refractivity contribution in [2.75, 3.05) is 11.1 Å². The molecule has 1 aromatic heterocycles. The Kier molecular flexibility index (Phi) is 4.58. The molecular weight excluding hydrogens is 407 g/mol. The molecule has 1 atom stereocenters. The van der Waals surface area contributed by atoms with E-state index in [1.165, 1.54) is 12.1 Å². The molecule has 1 aliphatic rings. The molecule has 2 aromatic carbocycles. The van der Waals surface area contributed by atoms with Gasteiger partial charge < -0.3 is 5.32 Å². The van der Waals surface area contributed by atoms with Gasteiger partial charge in [-0.15, -0.1) is 0 Å². The minimum absolute atomic E-state index is 0.0802. The lowest BCUT2D eigenvalue weighted by atomic mass is 9.94. The fourth-order valence-electron chi connectivity index (χ4n) is 3.35. The highest BCUT2D eigenvalue weighted by Gasteiger charge is 2.34. The Balaban J connectivity index is 1.72. The number of carbonyl (C=O) groups excluding carboxylic acids is 1. The SMILES string of the molecule is O=C(Nc1cncc2cc(Cl)ccc12)C1CCS(=O)(=O)c2ccc(Cl)cc21. The number of aromatic nitrogens is 1. The van der Waals surface area contributed by atoms with Crippen LogP contribution in [0.5, 0.6) is 0 Å². The molecule has 0 fully saturated rings. The lowest BCUT2D eigenvalue weighted by Crippen LogP contribution is -2.29. The van der Waals surface area contributed by atoms with E-state index >= 15 is 0 Å². The lowest BCUT2D eigenvalue weighted by Gasteiger charge is -2.25. The molecule has 0 saturated heterocycles. The molecule has 1 unspecified atom stereocenters. The van der Waals surface area contributed by atoms with Gasteiger partial charge in [0.2, 0.25) is 5.91 Å². The van der Waals surface area contributed by atoms with Gasteiger partial charge in [-0.2, -0.15) is 0 Å². The van der Waals surface area contributed by atoms with E-state index in [1.807, 2.05) is 6.07 Å². The van der Waals surface area contributed by atoms with Crippen molar-refractivity contribution in [3.05, 3.63) is 64.4 Å². The molecule has 2 heterocycles. The van der Waals surface area contributed by atoms with Gasteiger partial charge in [0.25, 0.3) is 0 Å². The quantitative estimate of drug-likeness (QED) is 0.664. The van der Waals surface area contributed by atoms with Crippen LogP contribution in [0.2, 0.25) is 10.0 Å². The van der Waals surface area contributed by atoms with Crippen LogP contribution in [0.25, 0.3) is 10.8 Å². The zero-order chi connectivity index (χ0) is 19.2. The van der Waals surface area contributed by atoms with Crippen molar-refractivity contribution in [1.29, 1.82) is 0 Å². The second-order valence-electron chi connectivity index (χ2n) is 6.38. The summed E-state index contributed by atoms with van der Waals surface area (Å²) in [6.07, 6.45) is 3.43. The van der Waals surface area contributed by atoms with Gasteiger partial charge in [0.1, 0.15) is 0 Å². The van der Waals surface area contributed by atoms with Crippen LogP contribution in [0.4, 0.5) is 5.69 Å². The van der Waals surface area contributed by atoms with Gasteiger partial charge in [-0.1, -0.05) is 29.3 Å². The Bertz CT molecular complexity index is 1180. The number of fused-ring (bicyclic) bond motifs is 2. The molecule has 1 amide bonds. The zero-order valence-corrected chi connectivity index (χ0v) is 16.3. The number of nitrogens with zero attached hydrogens (tertiary/aromatic N) is 1. The number of anilines is 1. The average Bonchev–Trinajstić information content (AvgIpc) is 2.61. The Labute approximate surface area is 166 Å². The number of sulfone groups is 1. The van der Waals surface area contributed by atoms with Crippen LogP contribution >= 0.6 is 23.2 Å². The standard InChI is InChI=1S/C19H14Cl2N2O3S/c20-12-1-3-14-11(7-12)9-22-10-17(14)23-19(24)15-5-6-27(25,26)18-4-2-13(21)8-16(15)18/h1-4,7-10,15H,5-6H2,(H,23,24). The number of benzene rings is 2. The van der Waals surface area contributed by atoms with Crippen LogP contribution in [-0.4, -0.2) is 25.1 Å². The molecule has 27 heavy (non-hydrogen) atoms. The summed E-state index contributed by atoms with van der Waals surface area (Å²) in [5, 5.41) is 5.45. The van der Waals surface area contributed by atoms with E-state index in [4.69, 9.17) is 23.2 Å². The topological polar surface area (TPSA) is 76.1 Å². The summed E-state index contributed by atoms with van der Waals surface area (Å²) >= 11 is 12.1. The number of amides is 1. The predicted octanol–water partition coefficient (Wildman–Crippen LogP) is 4.44. The van der Waals surface area contributed by atoms with Crippen molar-refractivity contribution >= 4 is 55.4 Å². The summed E-state index contributed by atoms with van der Waals surface area (Å²) in [4.78, 5) is 17.3. The summed E-state index contributed by atoms with van der Waals surface area (Å²) < 4.78 is 24.6. The zero-order valence-electron chi connectivity index (χ0n) is 13.9. The van der Waals surface area contributed by atoms with Crippen LogP contribution in [0.1, 0.15) is 17.9 Å². The summed E-state index contributed by atoms with van der Waals surface area (Å²) in [6, 6.07) is 9.86. The average molecular weight is 421 g/mol. The van der Waals surface area contributed by atoms with Gasteiger partial charge in [0.15, 0.2) is 9.84 Å². The van der Waals surface area contributed by atoms with E-state index in [1.54, 1.807) is 30.6 Å². The van der Waals surface area contributed by atoms with E-state index < -0.39 is 15.8 Å². The first-order valence-electron chi connectivity index (χ1n) is 8.21. The predicted molar refractivity (Wildman–Crippen MR) is 106 cm³/mol. The van der Waals surface area contributed by atoms with Crippen molar-refractivity contribution in [2.45, 2.75) is 17.2 Å². The molecule has 5 nitrogen and oxygen atoms in total. The molecule has 4 rings (SSSR count). The maximum Gasteiger partial charge on any atom is 0.232 e. The van der Waals surface area contributed by atoms with Crippen LogP contribution in [0, 0.1) is 0 Å². The van der Waals surface area contributed by atoms with E-state index in [9.17, 15) is 13.2 Å². The maximum atomic E-state index is 13.0. The number of rotatable bonds is 2. The normalized spacial score (nSPS) is 18.1. The van der Waals surface area contributed by atoms with E-state index in [0.29, 0.717) is 21.3 Å². The second kappa shape index (κ2) is 6.78. The van der Waals surface area contributed by atoms with Crippen molar-refractivity contribution in [2.24, 2.45) is 0 Å². The summed E-state index contributed by atoms with van der Waals surface area (Å²) in [6.45, 7) is 0. The number of hydrogen-bond acceptors (Lipinski definition) is 4. The van der Waals surface area contributed by atoms with Gasteiger partial charge in [0, 0.05) is 27.0 Å². The van der Waals surface area contributed by atoms with Crippen LogP contribution in [0.3, 0.4) is 0 Å². The fourth-order valence-corrected chi connectivity index (χ4v) is 5.32. The molecule has 0 bridgehead atoms. The minimum atomic E-state index is -3.40. The van der Waals surface area contributed by atoms with Gasteiger partial charge in [0.05, 0.1) is 28.5 Å². The fraction of sp³-hybridized carbons (Fsp3) is 0.158. The molecule has 1 aliphatic heterocycles. The lowest BCUT2D eigenvalue weighted by molar-refractivity contribution is -0.117. The number of hydrogen-bond donors (Lipinski definition) is 1. The van der Waals surface area contributed by atoms with Crippen LogP contribution in [0.15, 0.2) is 53.7 Å². The highest BCUT2D eigenvalue weighted by atomic mass is 35.5. The largest absolute Gasteiger partial charge is 0.324 e. The number of pyridine rings is 1. The molecule has 138 valence electrons. The highest BCUT2D eigenvalue weighted by Crippen LogP contribution is 2.36. The van der Waals surface area contributed by atoms with E-state index in [-0.39, 0.29) is 23.0 Å². The Morgan fingerprint density at radius 1 is 1.07 bits per heavy atom. The Morgan fingerprint density at radius 2 is 1.81 bits per heavy atom. The van der Waals surface area contributed by atoms with Crippen LogP contribution < -0.4 is 5.32 Å². The number of nitrogens with one attached hydrogen (secondary N) is 1. The molecule has 0 saturated carbocycles. The van der Waals surface area contributed by atoms with Crippen LogP contribution in [-0.2, 0) is 14.6 Å². The first kappa shape index (κ1) is 18.2. The third-order valence-corrected chi connectivity index (χ3v) is 6.94. The minimum Gasteiger partial charge on any atom is -0.324 e. The smallest absolute Gasteiger partial charge is 0.232 e. The number of halogens is 2. The first-order valence-corrected chi connectivity index (χ1v) is 10.6. The molecule has 8 heteroatoms. The third-order valence-electron chi connectivity index (χ3n) is 4.65. The third kappa shape index (κ3) is 3.40. The molecule has 0 radical (unpaired) electrons. The highest BCUT2D eigenvalue weighted by molar-refractivity contribution is 7.91. The van der Waals surface area contributed by atoms with Gasteiger partial charge in [-0.3, -0.25) is 9.78 Å². The van der Waals surface area contributed by atoms with E-state index in [2.05, 4.69) is 10.3 Å². The summed E-state index contributed by atoms with van der Waals surface area (Å²) in [7, 11) is -3.40. The van der Waals surface area contributed by atoms with Crippen molar-refractivity contribution in [3.8, 4) is 0 Å². The molecule has 3 aromatic rings. The first-order chi connectivity index (χ1) is 12.8. The van der Waals surface area contributed by atoms with Crippen molar-refractivity contribution in [1.82, 2.24) is 4.98 Å². The van der Waals surface area contributed by atoms with Crippen molar-refractivity contribution < 1.29 is 13.2 Å². The van der Waals surface area contributed by atoms with Gasteiger partial charge in [-0.25, -0.2) is 8.42 Å². The van der Waals surface area contributed by atoms with E-state index in [0.717, 1.165) is 10.8 Å². The Morgan fingerprint density at radius 3 is 2.63 bits per heavy atom. The molecule has 0 aliphatic carbocycles. The maximum absolute atomic E-state index is 13.0. The summed E-state index contributed by atoms with van der Waals surface area (Å²) in [5.74, 6) is -0.981. The van der Waals surface area contributed by atoms with Crippen molar-refractivity contribution in [3.63, 3.8) is 0 Å². The molecule has 0 spiro atoms. The molecule has 1 N–H and O–H groups in total. The second-order valence-corrected chi connectivity index (χ2v) is 9.33. The Hall–Kier alpha value is -2.15. The molecular formula is C19H14Cl2N2O3S. The summed E-state index contributed by atoms with van der Waals surface area (Å²) in [5.41, 5.74) is 0.980. The number of carbonyl (C=O) groups is 1.